The third kappa shape index (κ3) is 2.88. The van der Waals surface area contributed by atoms with Crippen LogP contribution in [0, 0.1) is 5.92 Å². The molecule has 0 saturated carbocycles. The molecule has 2 aliphatic heterocycles. The van der Waals surface area contributed by atoms with Crippen molar-refractivity contribution in [1.82, 2.24) is 9.80 Å². The van der Waals surface area contributed by atoms with Crippen LogP contribution < -0.4 is 0 Å². The Bertz CT molecular complexity index is 396. The van der Waals surface area contributed by atoms with E-state index in [4.69, 9.17) is 5.11 Å². The number of hydrogen-bond donors (Lipinski definition) is 1. The van der Waals surface area contributed by atoms with Gasteiger partial charge in [-0.2, -0.15) is 0 Å². The number of piperidine rings is 1. The van der Waals surface area contributed by atoms with Gasteiger partial charge in [-0.15, -0.1) is 0 Å². The molecule has 106 valence electrons. The second-order valence-electron chi connectivity index (χ2n) is 5.33. The summed E-state index contributed by atoms with van der Waals surface area (Å²) in [5, 5.41) is 9.11. The van der Waals surface area contributed by atoms with Gasteiger partial charge in [-0.05, 0) is 25.7 Å². The molecule has 0 aliphatic carbocycles. The Labute approximate surface area is 112 Å². The Morgan fingerprint density at radius 3 is 2.42 bits per heavy atom. The van der Waals surface area contributed by atoms with Gasteiger partial charge in [-0.3, -0.25) is 9.59 Å². The van der Waals surface area contributed by atoms with Crippen molar-refractivity contribution in [1.29, 1.82) is 0 Å². The highest BCUT2D eigenvalue weighted by molar-refractivity contribution is 5.86. The van der Waals surface area contributed by atoms with Crippen LogP contribution in [0.5, 0.6) is 0 Å². The minimum atomic E-state index is -0.926. The minimum absolute atomic E-state index is 0.0197. The summed E-state index contributed by atoms with van der Waals surface area (Å²) in [5.41, 5.74) is 0. The normalized spacial score (nSPS) is 27.4. The fourth-order valence-corrected chi connectivity index (χ4v) is 2.99. The van der Waals surface area contributed by atoms with Gasteiger partial charge in [0.1, 0.15) is 6.04 Å². The molecule has 2 fully saturated rings. The smallest absolute Gasteiger partial charge is 0.326 e. The van der Waals surface area contributed by atoms with E-state index in [0.29, 0.717) is 26.1 Å². The second kappa shape index (κ2) is 5.59. The van der Waals surface area contributed by atoms with Gasteiger partial charge in [0.05, 0.1) is 5.92 Å². The number of carbonyl (C=O) groups excluding carboxylic acids is 2. The fourth-order valence-electron chi connectivity index (χ4n) is 2.99. The minimum Gasteiger partial charge on any atom is -0.480 e. The molecule has 0 radical (unpaired) electrons. The molecule has 2 aliphatic rings. The highest BCUT2D eigenvalue weighted by Crippen LogP contribution is 2.24. The Morgan fingerprint density at radius 2 is 1.79 bits per heavy atom. The SMILES string of the molecule is CC(=O)N1CCCC(C(=O)N2CCCC2C(=O)O)C1. The summed E-state index contributed by atoms with van der Waals surface area (Å²) >= 11 is 0. The first-order chi connectivity index (χ1) is 9.00. The Kier molecular flexibility index (Phi) is 4.07. The number of aliphatic carboxylic acids is 1. The number of carboxylic acids is 1. The largest absolute Gasteiger partial charge is 0.480 e. The Morgan fingerprint density at radius 1 is 1.11 bits per heavy atom. The van der Waals surface area contributed by atoms with Crippen molar-refractivity contribution in [3.8, 4) is 0 Å². The lowest BCUT2D eigenvalue weighted by atomic mass is 9.96. The molecule has 2 saturated heterocycles. The maximum Gasteiger partial charge on any atom is 0.326 e. The summed E-state index contributed by atoms with van der Waals surface area (Å²) in [6.07, 6.45) is 2.82. The number of rotatable bonds is 2. The van der Waals surface area contributed by atoms with Crippen molar-refractivity contribution in [2.45, 2.75) is 38.6 Å². The average molecular weight is 268 g/mol. The molecular formula is C13H20N2O4. The summed E-state index contributed by atoms with van der Waals surface area (Å²) in [7, 11) is 0. The van der Waals surface area contributed by atoms with Gasteiger partial charge >= 0.3 is 5.97 Å². The number of hydrogen-bond acceptors (Lipinski definition) is 3. The summed E-state index contributed by atoms with van der Waals surface area (Å²) < 4.78 is 0. The lowest BCUT2D eigenvalue weighted by Gasteiger charge is -2.34. The van der Waals surface area contributed by atoms with E-state index in [1.807, 2.05) is 0 Å². The highest BCUT2D eigenvalue weighted by Gasteiger charge is 2.38. The predicted octanol–water partition coefficient (Wildman–Crippen LogP) is 0.320. The number of carbonyl (C=O) groups is 3. The standard InChI is InChI=1S/C13H20N2O4/c1-9(16)14-6-2-4-10(8-14)12(17)15-7-3-5-11(15)13(18)19/h10-11H,2-8H2,1H3,(H,18,19). The monoisotopic (exact) mass is 268 g/mol. The third-order valence-corrected chi connectivity index (χ3v) is 4.04. The molecule has 0 aromatic heterocycles. The van der Waals surface area contributed by atoms with Crippen molar-refractivity contribution in [2.24, 2.45) is 5.92 Å². The number of carboxylic acid groups (broad SMARTS) is 1. The molecule has 2 atom stereocenters. The Hall–Kier alpha value is -1.59. The molecule has 2 rings (SSSR count). The number of likely N-dealkylation sites (tertiary alicyclic amines) is 2. The van der Waals surface area contributed by atoms with E-state index in [1.54, 1.807) is 4.90 Å². The van der Waals surface area contributed by atoms with Gasteiger partial charge in [0, 0.05) is 26.6 Å². The summed E-state index contributed by atoms with van der Waals surface area (Å²) in [4.78, 5) is 38.1. The zero-order chi connectivity index (χ0) is 14.0. The van der Waals surface area contributed by atoms with Crippen LogP contribution in [0.25, 0.3) is 0 Å². The highest BCUT2D eigenvalue weighted by atomic mass is 16.4. The summed E-state index contributed by atoms with van der Waals surface area (Å²) in [6.45, 7) is 3.15. The quantitative estimate of drug-likeness (QED) is 0.782. The number of amides is 2. The van der Waals surface area contributed by atoms with Gasteiger partial charge in [0.15, 0.2) is 0 Å². The lowest BCUT2D eigenvalue weighted by molar-refractivity contribution is -0.151. The van der Waals surface area contributed by atoms with Crippen LogP contribution in [-0.2, 0) is 14.4 Å². The van der Waals surface area contributed by atoms with E-state index in [-0.39, 0.29) is 17.7 Å². The molecule has 0 aromatic rings. The molecule has 2 heterocycles. The van der Waals surface area contributed by atoms with E-state index in [2.05, 4.69) is 0 Å². The van der Waals surface area contributed by atoms with Crippen LogP contribution in [0.4, 0.5) is 0 Å². The van der Waals surface area contributed by atoms with E-state index in [9.17, 15) is 14.4 Å². The fraction of sp³-hybridized carbons (Fsp3) is 0.769. The maximum atomic E-state index is 12.4. The molecule has 6 nitrogen and oxygen atoms in total. The first-order valence-corrected chi connectivity index (χ1v) is 6.79. The molecule has 2 unspecified atom stereocenters. The lowest BCUT2D eigenvalue weighted by Crippen LogP contribution is -2.49. The predicted molar refractivity (Wildman–Crippen MR) is 67.3 cm³/mol. The first kappa shape index (κ1) is 13.8. The van der Waals surface area contributed by atoms with Crippen LogP contribution in [0.1, 0.15) is 32.6 Å². The van der Waals surface area contributed by atoms with Crippen LogP contribution in [-0.4, -0.2) is 58.4 Å². The first-order valence-electron chi connectivity index (χ1n) is 6.79. The molecule has 6 heteroatoms. The topological polar surface area (TPSA) is 77.9 Å². The summed E-state index contributed by atoms with van der Waals surface area (Å²) in [5.74, 6) is -1.28. The zero-order valence-electron chi connectivity index (χ0n) is 11.2. The average Bonchev–Trinajstić information content (AvgIpc) is 2.87. The van der Waals surface area contributed by atoms with Gasteiger partial charge in [0.25, 0.3) is 0 Å². The van der Waals surface area contributed by atoms with Gasteiger partial charge in [-0.1, -0.05) is 0 Å². The van der Waals surface area contributed by atoms with Gasteiger partial charge < -0.3 is 14.9 Å². The van der Waals surface area contributed by atoms with Crippen LogP contribution in [0.2, 0.25) is 0 Å². The van der Waals surface area contributed by atoms with E-state index < -0.39 is 12.0 Å². The summed E-state index contributed by atoms with van der Waals surface area (Å²) in [6, 6.07) is -0.680. The molecular weight excluding hydrogens is 248 g/mol. The molecule has 1 N–H and O–H groups in total. The van der Waals surface area contributed by atoms with Crippen molar-refractivity contribution in [2.75, 3.05) is 19.6 Å². The second-order valence-corrected chi connectivity index (χ2v) is 5.33. The zero-order valence-corrected chi connectivity index (χ0v) is 11.2. The Balaban J connectivity index is 2.02. The third-order valence-electron chi connectivity index (χ3n) is 4.04. The van der Waals surface area contributed by atoms with Gasteiger partial charge in [0.2, 0.25) is 11.8 Å². The van der Waals surface area contributed by atoms with E-state index in [1.165, 1.54) is 11.8 Å². The van der Waals surface area contributed by atoms with Crippen molar-refractivity contribution < 1.29 is 19.5 Å². The van der Waals surface area contributed by atoms with Crippen LogP contribution >= 0.6 is 0 Å². The molecule has 2 amide bonds. The van der Waals surface area contributed by atoms with Gasteiger partial charge in [-0.25, -0.2) is 4.79 Å². The molecule has 19 heavy (non-hydrogen) atoms. The van der Waals surface area contributed by atoms with E-state index >= 15 is 0 Å². The van der Waals surface area contributed by atoms with Crippen LogP contribution in [0.15, 0.2) is 0 Å². The van der Waals surface area contributed by atoms with Crippen LogP contribution in [0.3, 0.4) is 0 Å². The molecule has 0 spiro atoms. The maximum absolute atomic E-state index is 12.4. The van der Waals surface area contributed by atoms with E-state index in [0.717, 1.165) is 19.3 Å². The molecule has 0 aromatic carbocycles. The van der Waals surface area contributed by atoms with Crippen molar-refractivity contribution >= 4 is 17.8 Å². The van der Waals surface area contributed by atoms with Crippen molar-refractivity contribution in [3.63, 3.8) is 0 Å². The molecule has 0 bridgehead atoms. The number of nitrogens with zero attached hydrogens (tertiary/aromatic N) is 2. The van der Waals surface area contributed by atoms with Crippen molar-refractivity contribution in [3.05, 3.63) is 0 Å².